The number of benzene rings is 1. The Bertz CT molecular complexity index is 632. The van der Waals surface area contributed by atoms with E-state index in [1.54, 1.807) is 0 Å². The zero-order valence-electron chi connectivity index (χ0n) is 13.8. The first-order valence-corrected chi connectivity index (χ1v) is 8.16. The van der Waals surface area contributed by atoms with Crippen LogP contribution >= 0.6 is 0 Å². The van der Waals surface area contributed by atoms with E-state index < -0.39 is 0 Å². The minimum absolute atomic E-state index is 0.212. The number of nitrogens with zero attached hydrogens (tertiary/aromatic N) is 3. The van der Waals surface area contributed by atoms with Crippen LogP contribution in [0.4, 0.5) is 0 Å². The van der Waals surface area contributed by atoms with Crippen LogP contribution in [0.15, 0.2) is 30.3 Å². The van der Waals surface area contributed by atoms with E-state index in [1.165, 1.54) is 16.8 Å². The van der Waals surface area contributed by atoms with Gasteiger partial charge in [-0.2, -0.15) is 5.10 Å². The van der Waals surface area contributed by atoms with Crippen molar-refractivity contribution in [3.63, 3.8) is 0 Å². The second-order valence-electron chi connectivity index (χ2n) is 6.34. The average molecular weight is 298 g/mol. The zero-order chi connectivity index (χ0) is 15.7. The van der Waals surface area contributed by atoms with E-state index in [-0.39, 0.29) is 6.04 Å². The van der Waals surface area contributed by atoms with Crippen molar-refractivity contribution in [3.8, 4) is 0 Å². The molecule has 0 spiro atoms. The van der Waals surface area contributed by atoms with Crippen LogP contribution in [0.2, 0.25) is 0 Å². The molecule has 0 bridgehead atoms. The van der Waals surface area contributed by atoms with E-state index in [4.69, 9.17) is 5.73 Å². The summed E-state index contributed by atoms with van der Waals surface area (Å²) in [4.78, 5) is 2.47. The molecule has 0 radical (unpaired) electrons. The predicted molar refractivity (Wildman–Crippen MR) is 89.8 cm³/mol. The SMILES string of the molecule is CCn1nc(C)c(CN2C[C@@H](N)[C@H](c3ccccc3)C2)c1C. The molecule has 0 unspecified atom stereocenters. The van der Waals surface area contributed by atoms with Gasteiger partial charge in [0.25, 0.3) is 0 Å². The minimum atomic E-state index is 0.212. The quantitative estimate of drug-likeness (QED) is 0.943. The molecule has 1 aliphatic rings. The smallest absolute Gasteiger partial charge is 0.0641 e. The topological polar surface area (TPSA) is 47.1 Å². The van der Waals surface area contributed by atoms with Crippen molar-refractivity contribution in [3.05, 3.63) is 52.8 Å². The van der Waals surface area contributed by atoms with Crippen LogP contribution < -0.4 is 5.73 Å². The summed E-state index contributed by atoms with van der Waals surface area (Å²) >= 11 is 0. The second kappa shape index (κ2) is 6.23. The van der Waals surface area contributed by atoms with E-state index in [0.29, 0.717) is 5.92 Å². The normalized spacial score (nSPS) is 22.4. The van der Waals surface area contributed by atoms with Crippen molar-refractivity contribution in [2.75, 3.05) is 13.1 Å². The van der Waals surface area contributed by atoms with Gasteiger partial charge in [-0.25, -0.2) is 0 Å². The molecule has 4 heteroatoms. The fraction of sp³-hybridized carbons (Fsp3) is 0.500. The van der Waals surface area contributed by atoms with E-state index >= 15 is 0 Å². The maximum atomic E-state index is 6.40. The Hall–Kier alpha value is -1.65. The van der Waals surface area contributed by atoms with Gasteiger partial charge >= 0.3 is 0 Å². The van der Waals surface area contributed by atoms with Crippen molar-refractivity contribution in [2.24, 2.45) is 5.73 Å². The number of aromatic nitrogens is 2. The second-order valence-corrected chi connectivity index (χ2v) is 6.34. The summed E-state index contributed by atoms with van der Waals surface area (Å²) in [6.45, 7) is 10.3. The third kappa shape index (κ3) is 2.81. The molecule has 1 fully saturated rings. The lowest BCUT2D eigenvalue weighted by Crippen LogP contribution is -2.28. The molecule has 1 saturated heterocycles. The standard InChI is InChI=1S/C18H26N4/c1-4-22-14(3)16(13(2)20-22)10-21-11-17(18(19)12-21)15-8-6-5-7-9-15/h5-9,17-18H,4,10-12,19H2,1-3H3/t17-,18+/m0/s1. The van der Waals surface area contributed by atoms with Crippen LogP contribution in [-0.2, 0) is 13.1 Å². The maximum Gasteiger partial charge on any atom is 0.0641 e. The molecule has 2 N–H and O–H groups in total. The molecule has 1 aromatic heterocycles. The molecule has 4 nitrogen and oxygen atoms in total. The number of hydrogen-bond donors (Lipinski definition) is 1. The van der Waals surface area contributed by atoms with Crippen molar-refractivity contribution in [2.45, 2.75) is 45.8 Å². The summed E-state index contributed by atoms with van der Waals surface area (Å²) in [6, 6.07) is 10.9. The van der Waals surface area contributed by atoms with Crippen LogP contribution in [0.5, 0.6) is 0 Å². The molecule has 0 aliphatic carbocycles. The van der Waals surface area contributed by atoms with Gasteiger partial charge in [-0.3, -0.25) is 9.58 Å². The summed E-state index contributed by atoms with van der Waals surface area (Å²) in [5.41, 5.74) is 11.6. The van der Waals surface area contributed by atoms with Gasteiger partial charge < -0.3 is 5.73 Å². The molecule has 0 saturated carbocycles. The Morgan fingerprint density at radius 1 is 1.18 bits per heavy atom. The molecule has 118 valence electrons. The van der Waals surface area contributed by atoms with Crippen LogP contribution in [0.1, 0.15) is 35.4 Å². The van der Waals surface area contributed by atoms with Crippen LogP contribution in [0.3, 0.4) is 0 Å². The number of hydrogen-bond acceptors (Lipinski definition) is 3. The third-order valence-corrected chi connectivity index (χ3v) is 4.88. The minimum Gasteiger partial charge on any atom is -0.326 e. The Morgan fingerprint density at radius 2 is 1.91 bits per heavy atom. The van der Waals surface area contributed by atoms with E-state index in [0.717, 1.165) is 31.9 Å². The van der Waals surface area contributed by atoms with Gasteiger partial charge in [-0.05, 0) is 26.3 Å². The van der Waals surface area contributed by atoms with Gasteiger partial charge in [0.05, 0.1) is 5.69 Å². The molecule has 3 rings (SSSR count). The van der Waals surface area contributed by atoms with E-state index in [1.807, 2.05) is 0 Å². The molecule has 2 aromatic rings. The van der Waals surface area contributed by atoms with Crippen molar-refractivity contribution < 1.29 is 0 Å². The highest BCUT2D eigenvalue weighted by molar-refractivity contribution is 5.27. The largest absolute Gasteiger partial charge is 0.326 e. The summed E-state index contributed by atoms with van der Waals surface area (Å²) in [7, 11) is 0. The van der Waals surface area contributed by atoms with Gasteiger partial charge in [0, 0.05) is 49.4 Å². The first-order valence-electron chi connectivity index (χ1n) is 8.16. The molecular weight excluding hydrogens is 272 g/mol. The summed E-state index contributed by atoms with van der Waals surface area (Å²) in [6.07, 6.45) is 0. The third-order valence-electron chi connectivity index (χ3n) is 4.88. The molecule has 2 heterocycles. The lowest BCUT2D eigenvalue weighted by atomic mass is 9.95. The molecular formula is C18H26N4. The average Bonchev–Trinajstić information content (AvgIpc) is 3.02. The van der Waals surface area contributed by atoms with E-state index in [9.17, 15) is 0 Å². The lowest BCUT2D eigenvalue weighted by molar-refractivity contribution is 0.322. The van der Waals surface area contributed by atoms with Crippen molar-refractivity contribution in [1.82, 2.24) is 14.7 Å². The molecule has 22 heavy (non-hydrogen) atoms. The molecule has 0 amide bonds. The van der Waals surface area contributed by atoms with Gasteiger partial charge in [0.2, 0.25) is 0 Å². The Labute approximate surface area is 132 Å². The van der Waals surface area contributed by atoms with Crippen LogP contribution in [0, 0.1) is 13.8 Å². The summed E-state index contributed by atoms with van der Waals surface area (Å²) in [5.74, 6) is 0.433. The lowest BCUT2D eigenvalue weighted by Gasteiger charge is -2.16. The first-order chi connectivity index (χ1) is 10.6. The fourth-order valence-corrected chi connectivity index (χ4v) is 3.59. The predicted octanol–water partition coefficient (Wildman–Crippen LogP) is 2.45. The Morgan fingerprint density at radius 3 is 2.55 bits per heavy atom. The Kier molecular flexibility index (Phi) is 4.32. The number of nitrogens with two attached hydrogens (primary N) is 1. The van der Waals surface area contributed by atoms with Crippen molar-refractivity contribution >= 4 is 0 Å². The van der Waals surface area contributed by atoms with Gasteiger partial charge in [0.1, 0.15) is 0 Å². The van der Waals surface area contributed by atoms with E-state index in [2.05, 4.69) is 65.8 Å². The molecule has 1 aromatic carbocycles. The maximum absolute atomic E-state index is 6.40. The Balaban J connectivity index is 1.74. The highest BCUT2D eigenvalue weighted by atomic mass is 15.3. The summed E-state index contributed by atoms with van der Waals surface area (Å²) < 4.78 is 2.09. The van der Waals surface area contributed by atoms with Gasteiger partial charge in [-0.1, -0.05) is 30.3 Å². The fourth-order valence-electron chi connectivity index (χ4n) is 3.59. The molecule has 2 atom stereocenters. The number of rotatable bonds is 4. The number of aryl methyl sites for hydroxylation is 2. The van der Waals surface area contributed by atoms with Gasteiger partial charge in [0.15, 0.2) is 0 Å². The molecule has 1 aliphatic heterocycles. The van der Waals surface area contributed by atoms with Crippen LogP contribution in [-0.4, -0.2) is 33.8 Å². The highest BCUT2D eigenvalue weighted by Crippen LogP contribution is 2.28. The zero-order valence-corrected chi connectivity index (χ0v) is 13.8. The first kappa shape index (κ1) is 15.3. The van der Waals surface area contributed by atoms with Crippen molar-refractivity contribution in [1.29, 1.82) is 0 Å². The highest BCUT2D eigenvalue weighted by Gasteiger charge is 2.31. The summed E-state index contributed by atoms with van der Waals surface area (Å²) in [5, 5.41) is 4.63. The van der Waals surface area contributed by atoms with Crippen LogP contribution in [0.25, 0.3) is 0 Å². The van der Waals surface area contributed by atoms with Gasteiger partial charge in [-0.15, -0.1) is 0 Å². The number of likely N-dealkylation sites (tertiary alicyclic amines) is 1. The monoisotopic (exact) mass is 298 g/mol.